The van der Waals surface area contributed by atoms with E-state index in [1.54, 1.807) is 12.5 Å². The van der Waals surface area contributed by atoms with Gasteiger partial charge in [0, 0.05) is 27.8 Å². The van der Waals surface area contributed by atoms with E-state index in [2.05, 4.69) is 4.98 Å². The van der Waals surface area contributed by atoms with Gasteiger partial charge in [0.05, 0.1) is 23.6 Å². The molecule has 0 aliphatic heterocycles. The molecule has 5 heteroatoms. The van der Waals surface area contributed by atoms with Crippen LogP contribution in [-0.2, 0) is 9.53 Å². The average molecular weight is 339 g/mol. The highest BCUT2D eigenvalue weighted by Crippen LogP contribution is 2.39. The monoisotopic (exact) mass is 339 g/mol. The first kappa shape index (κ1) is 17.2. The Hall–Kier alpha value is -2.66. The highest BCUT2D eigenvalue weighted by atomic mass is 16.5. The highest BCUT2D eigenvalue weighted by molar-refractivity contribution is 5.98. The first-order valence-corrected chi connectivity index (χ1v) is 8.10. The summed E-state index contributed by atoms with van der Waals surface area (Å²) in [5, 5.41) is 10.7. The average Bonchev–Trinajstić information content (AvgIpc) is 3.04. The van der Waals surface area contributed by atoms with Crippen molar-refractivity contribution < 1.29 is 19.1 Å². The van der Waals surface area contributed by atoms with Gasteiger partial charge in [-0.05, 0) is 39.8 Å². The molecule has 5 nitrogen and oxygen atoms in total. The van der Waals surface area contributed by atoms with Crippen molar-refractivity contribution in [1.82, 2.24) is 4.98 Å². The van der Waals surface area contributed by atoms with Gasteiger partial charge in [0.15, 0.2) is 6.10 Å². The second-order valence-corrected chi connectivity index (χ2v) is 6.96. The third kappa shape index (κ3) is 3.42. The first-order chi connectivity index (χ1) is 11.8. The molecule has 0 amide bonds. The minimum atomic E-state index is -1.12. The number of aromatic nitrogens is 1. The van der Waals surface area contributed by atoms with Gasteiger partial charge in [-0.2, -0.15) is 0 Å². The maximum absolute atomic E-state index is 12.0. The van der Waals surface area contributed by atoms with Crippen molar-refractivity contribution in [2.24, 2.45) is 0 Å². The molecule has 3 aromatic rings. The van der Waals surface area contributed by atoms with Crippen LogP contribution < -0.4 is 0 Å². The standard InChI is InChI=1S/C20H21NO4/c1-12-16(18(19(22)23)25-20(2,3)4)17(13-9-10-24-11-13)14-7-5-6-8-15(14)21-12/h5-11,18H,1-4H3,(H,22,23). The van der Waals surface area contributed by atoms with E-state index < -0.39 is 17.7 Å². The number of aliphatic carboxylic acids is 1. The first-order valence-electron chi connectivity index (χ1n) is 8.10. The molecule has 2 aromatic heterocycles. The Labute approximate surface area is 146 Å². The Morgan fingerprint density at radius 3 is 2.56 bits per heavy atom. The summed E-state index contributed by atoms with van der Waals surface area (Å²) >= 11 is 0. The van der Waals surface area contributed by atoms with E-state index in [9.17, 15) is 9.90 Å². The van der Waals surface area contributed by atoms with Gasteiger partial charge in [0.1, 0.15) is 0 Å². The largest absolute Gasteiger partial charge is 0.479 e. The van der Waals surface area contributed by atoms with Crippen LogP contribution >= 0.6 is 0 Å². The minimum Gasteiger partial charge on any atom is -0.479 e. The number of carboxylic acids is 1. The lowest BCUT2D eigenvalue weighted by molar-refractivity contribution is -0.160. The zero-order chi connectivity index (χ0) is 18.2. The molecule has 3 rings (SSSR count). The lowest BCUT2D eigenvalue weighted by atomic mass is 9.92. The molecule has 0 aliphatic rings. The fraction of sp³-hybridized carbons (Fsp3) is 0.300. The van der Waals surface area contributed by atoms with Crippen LogP contribution in [0.15, 0.2) is 47.3 Å². The van der Waals surface area contributed by atoms with Crippen LogP contribution in [0.4, 0.5) is 0 Å². The predicted molar refractivity (Wildman–Crippen MR) is 95.4 cm³/mol. The van der Waals surface area contributed by atoms with Crippen molar-refractivity contribution in [3.63, 3.8) is 0 Å². The molecule has 1 N–H and O–H groups in total. The third-order valence-corrected chi connectivity index (χ3v) is 3.89. The summed E-state index contributed by atoms with van der Waals surface area (Å²) in [6, 6.07) is 9.49. The molecule has 0 spiro atoms. The van der Waals surface area contributed by atoms with Crippen molar-refractivity contribution in [3.8, 4) is 11.1 Å². The number of para-hydroxylation sites is 1. The summed E-state index contributed by atoms with van der Waals surface area (Å²) in [6.45, 7) is 7.33. The zero-order valence-electron chi connectivity index (χ0n) is 14.7. The van der Waals surface area contributed by atoms with Gasteiger partial charge in [0.25, 0.3) is 0 Å². The SMILES string of the molecule is Cc1nc2ccccc2c(-c2ccoc2)c1C(OC(C)(C)C)C(=O)O. The van der Waals surface area contributed by atoms with Crippen LogP contribution in [-0.4, -0.2) is 21.7 Å². The van der Waals surface area contributed by atoms with E-state index in [4.69, 9.17) is 9.15 Å². The van der Waals surface area contributed by atoms with Gasteiger partial charge in [0.2, 0.25) is 0 Å². The Balaban J connectivity index is 2.35. The summed E-state index contributed by atoms with van der Waals surface area (Å²) in [6.07, 6.45) is 2.06. The number of rotatable bonds is 4. The van der Waals surface area contributed by atoms with Crippen molar-refractivity contribution >= 4 is 16.9 Å². The molecule has 0 saturated heterocycles. The smallest absolute Gasteiger partial charge is 0.337 e. The molecule has 1 atom stereocenters. The Kier molecular flexibility index (Phi) is 4.35. The molecule has 2 heterocycles. The molecule has 130 valence electrons. The van der Waals surface area contributed by atoms with E-state index in [0.717, 1.165) is 22.0 Å². The Morgan fingerprint density at radius 1 is 1.24 bits per heavy atom. The van der Waals surface area contributed by atoms with Crippen molar-refractivity contribution in [2.45, 2.75) is 39.4 Å². The quantitative estimate of drug-likeness (QED) is 0.743. The molecule has 0 bridgehead atoms. The fourth-order valence-corrected chi connectivity index (χ4v) is 2.97. The maximum Gasteiger partial charge on any atom is 0.337 e. The maximum atomic E-state index is 12.0. The van der Waals surface area contributed by atoms with Crippen molar-refractivity contribution in [1.29, 1.82) is 0 Å². The molecule has 0 radical (unpaired) electrons. The molecule has 25 heavy (non-hydrogen) atoms. The number of ether oxygens (including phenoxy) is 1. The highest BCUT2D eigenvalue weighted by Gasteiger charge is 2.32. The number of carbonyl (C=O) groups is 1. The van der Waals surface area contributed by atoms with Crippen molar-refractivity contribution in [2.75, 3.05) is 0 Å². The molecular formula is C20H21NO4. The van der Waals surface area contributed by atoms with Gasteiger partial charge in [-0.25, -0.2) is 4.79 Å². The summed E-state index contributed by atoms with van der Waals surface area (Å²) < 4.78 is 11.1. The minimum absolute atomic E-state index is 0.558. The summed E-state index contributed by atoms with van der Waals surface area (Å²) in [7, 11) is 0. The topological polar surface area (TPSA) is 72.6 Å². The molecular weight excluding hydrogens is 318 g/mol. The number of carboxylic acid groups (broad SMARTS) is 1. The number of furan rings is 1. The molecule has 0 fully saturated rings. The third-order valence-electron chi connectivity index (χ3n) is 3.89. The lowest BCUT2D eigenvalue weighted by Crippen LogP contribution is -2.28. The Morgan fingerprint density at radius 2 is 1.96 bits per heavy atom. The second kappa shape index (κ2) is 6.33. The number of benzene rings is 1. The number of nitrogens with zero attached hydrogens (tertiary/aromatic N) is 1. The van der Waals surface area contributed by atoms with E-state index in [1.165, 1.54) is 0 Å². The number of pyridine rings is 1. The van der Waals surface area contributed by atoms with Crippen LogP contribution in [0.25, 0.3) is 22.0 Å². The second-order valence-electron chi connectivity index (χ2n) is 6.96. The summed E-state index contributed by atoms with van der Waals surface area (Å²) in [5.41, 5.74) is 2.97. The van der Waals surface area contributed by atoms with Crippen molar-refractivity contribution in [3.05, 3.63) is 54.1 Å². The summed E-state index contributed by atoms with van der Waals surface area (Å²) in [4.78, 5) is 16.6. The lowest BCUT2D eigenvalue weighted by Gasteiger charge is -2.27. The number of aryl methyl sites for hydroxylation is 1. The van der Waals surface area contributed by atoms with Gasteiger partial charge >= 0.3 is 5.97 Å². The van der Waals surface area contributed by atoms with E-state index >= 15 is 0 Å². The fourth-order valence-electron chi connectivity index (χ4n) is 2.97. The molecule has 0 aliphatic carbocycles. The molecule has 1 unspecified atom stereocenters. The summed E-state index contributed by atoms with van der Waals surface area (Å²) in [5.74, 6) is -1.04. The van der Waals surface area contributed by atoms with E-state index in [0.29, 0.717) is 11.3 Å². The van der Waals surface area contributed by atoms with Gasteiger partial charge < -0.3 is 14.3 Å². The normalized spacial score (nSPS) is 13.1. The van der Waals surface area contributed by atoms with Crippen LogP contribution in [0.1, 0.15) is 38.1 Å². The molecule has 0 saturated carbocycles. The zero-order valence-corrected chi connectivity index (χ0v) is 14.7. The number of hydrogen-bond donors (Lipinski definition) is 1. The van der Waals surface area contributed by atoms with E-state index in [1.807, 2.05) is 58.0 Å². The van der Waals surface area contributed by atoms with Crippen LogP contribution in [0.3, 0.4) is 0 Å². The van der Waals surface area contributed by atoms with Gasteiger partial charge in [-0.1, -0.05) is 18.2 Å². The van der Waals surface area contributed by atoms with Gasteiger partial charge in [-0.15, -0.1) is 0 Å². The molecule has 1 aromatic carbocycles. The van der Waals surface area contributed by atoms with Gasteiger partial charge in [-0.3, -0.25) is 4.98 Å². The number of fused-ring (bicyclic) bond motifs is 1. The van der Waals surface area contributed by atoms with Crippen LogP contribution in [0.2, 0.25) is 0 Å². The predicted octanol–water partition coefficient (Wildman–Crippen LogP) is 4.74. The Bertz CT molecular complexity index is 907. The van der Waals surface area contributed by atoms with Crippen LogP contribution in [0.5, 0.6) is 0 Å². The van der Waals surface area contributed by atoms with E-state index in [-0.39, 0.29) is 0 Å². The number of hydrogen-bond acceptors (Lipinski definition) is 4. The van der Waals surface area contributed by atoms with Crippen LogP contribution in [0, 0.1) is 6.92 Å².